The van der Waals surface area contributed by atoms with Crippen LogP contribution < -0.4 is 16.4 Å². The monoisotopic (exact) mass is 351 g/mol. The lowest BCUT2D eigenvalue weighted by atomic mass is 9.85. The molecule has 4 rings (SSSR count). The van der Waals surface area contributed by atoms with Crippen molar-refractivity contribution in [3.8, 4) is 0 Å². The fraction of sp³-hybridized carbons (Fsp3) is 0.381. The van der Waals surface area contributed by atoms with Crippen LogP contribution in [0.4, 0.5) is 5.82 Å². The van der Waals surface area contributed by atoms with Gasteiger partial charge in [-0.05, 0) is 31.5 Å². The number of fused-ring (bicyclic) bond motifs is 1. The van der Waals surface area contributed by atoms with Gasteiger partial charge in [0.25, 0.3) is 0 Å². The van der Waals surface area contributed by atoms with E-state index in [1.807, 2.05) is 37.5 Å². The molecule has 26 heavy (non-hydrogen) atoms. The maximum atomic E-state index is 6.34. The van der Waals surface area contributed by atoms with E-state index < -0.39 is 0 Å². The summed E-state index contributed by atoms with van der Waals surface area (Å²) in [4.78, 5) is 7.37. The Bertz CT molecular complexity index is 739. The van der Waals surface area contributed by atoms with Gasteiger partial charge in [0.15, 0.2) is 0 Å². The molecule has 0 spiro atoms. The van der Waals surface area contributed by atoms with Crippen molar-refractivity contribution in [2.75, 3.05) is 7.05 Å². The molecule has 1 saturated carbocycles. The van der Waals surface area contributed by atoms with Crippen molar-refractivity contribution in [3.05, 3.63) is 59.4 Å². The zero-order valence-electron chi connectivity index (χ0n) is 15.5. The van der Waals surface area contributed by atoms with E-state index >= 15 is 0 Å². The number of nitrogens with zero attached hydrogens (tertiary/aromatic N) is 1. The Morgan fingerprint density at radius 2 is 1.92 bits per heavy atom. The number of aliphatic imine (C=N–C) groups is 1. The largest absolute Gasteiger partial charge is 0.400 e. The van der Waals surface area contributed by atoms with E-state index in [4.69, 9.17) is 5.73 Å². The van der Waals surface area contributed by atoms with E-state index in [0.717, 1.165) is 29.3 Å². The molecule has 2 aliphatic rings. The van der Waals surface area contributed by atoms with Crippen LogP contribution in [0.1, 0.15) is 43.2 Å². The first-order valence-corrected chi connectivity index (χ1v) is 9.44. The first-order valence-electron chi connectivity index (χ1n) is 9.44. The Balaban J connectivity index is 0.000000185. The van der Waals surface area contributed by atoms with Gasteiger partial charge in [-0.15, -0.1) is 0 Å². The molecule has 1 fully saturated rings. The highest BCUT2D eigenvalue weighted by Crippen LogP contribution is 2.33. The normalized spacial score (nSPS) is 18.3. The van der Waals surface area contributed by atoms with Crippen LogP contribution in [-0.2, 0) is 6.54 Å². The molecule has 0 radical (unpaired) electrons. The van der Waals surface area contributed by atoms with Crippen LogP contribution in [0.2, 0.25) is 0 Å². The summed E-state index contributed by atoms with van der Waals surface area (Å²) in [7, 11) is 1.95. The minimum Gasteiger partial charge on any atom is -0.400 e. The zero-order valence-corrected chi connectivity index (χ0v) is 15.5. The summed E-state index contributed by atoms with van der Waals surface area (Å²) in [6.07, 6.45) is 10.00. The molecule has 1 aliphatic carbocycles. The summed E-state index contributed by atoms with van der Waals surface area (Å²) in [5.74, 6) is 1.43. The number of aromatic amines is 1. The molecule has 0 bridgehead atoms. The predicted octanol–water partition coefficient (Wildman–Crippen LogP) is 3.89. The van der Waals surface area contributed by atoms with E-state index in [2.05, 4.69) is 32.7 Å². The van der Waals surface area contributed by atoms with Crippen LogP contribution in [-0.4, -0.2) is 18.4 Å². The van der Waals surface area contributed by atoms with Crippen molar-refractivity contribution in [1.82, 2.24) is 15.6 Å². The molecule has 138 valence electrons. The number of nitrogens with two attached hydrogens (primary N) is 1. The van der Waals surface area contributed by atoms with Crippen molar-refractivity contribution in [3.63, 3.8) is 0 Å². The molecule has 5 N–H and O–H groups in total. The molecular formula is C21H29N5. The molecule has 0 amide bonds. The van der Waals surface area contributed by atoms with Crippen LogP contribution in [0.3, 0.4) is 0 Å². The summed E-state index contributed by atoms with van der Waals surface area (Å²) in [5.41, 5.74) is 10.8. The minimum atomic E-state index is 0.528. The Labute approximate surface area is 155 Å². The van der Waals surface area contributed by atoms with Crippen LogP contribution >= 0.6 is 0 Å². The van der Waals surface area contributed by atoms with E-state index in [1.54, 1.807) is 6.34 Å². The van der Waals surface area contributed by atoms with Gasteiger partial charge in [-0.1, -0.05) is 49.6 Å². The van der Waals surface area contributed by atoms with Gasteiger partial charge in [0, 0.05) is 29.9 Å². The van der Waals surface area contributed by atoms with Crippen molar-refractivity contribution < 1.29 is 0 Å². The van der Waals surface area contributed by atoms with Crippen molar-refractivity contribution in [2.45, 2.75) is 38.6 Å². The molecular weight excluding hydrogens is 322 g/mol. The number of rotatable bonds is 3. The summed E-state index contributed by atoms with van der Waals surface area (Å²) in [6.45, 7) is 0.959. The Kier molecular flexibility index (Phi) is 6.50. The second kappa shape index (κ2) is 9.25. The average molecular weight is 351 g/mol. The van der Waals surface area contributed by atoms with Gasteiger partial charge in [-0.3, -0.25) is 0 Å². The molecule has 1 aromatic heterocycles. The third-order valence-corrected chi connectivity index (χ3v) is 4.95. The Morgan fingerprint density at radius 3 is 2.65 bits per heavy atom. The smallest absolute Gasteiger partial charge is 0.141 e. The van der Waals surface area contributed by atoms with Gasteiger partial charge >= 0.3 is 0 Å². The van der Waals surface area contributed by atoms with Crippen molar-refractivity contribution >= 4 is 17.9 Å². The Hall–Kier alpha value is -2.53. The molecule has 1 aromatic carbocycles. The Morgan fingerprint density at radius 1 is 1.15 bits per heavy atom. The lowest BCUT2D eigenvalue weighted by Crippen LogP contribution is -2.24. The fourth-order valence-corrected chi connectivity index (χ4v) is 3.56. The van der Waals surface area contributed by atoms with Gasteiger partial charge < -0.3 is 21.4 Å². The molecule has 1 aliphatic heterocycles. The van der Waals surface area contributed by atoms with Gasteiger partial charge in [0.05, 0.1) is 12.0 Å². The van der Waals surface area contributed by atoms with Gasteiger partial charge in [-0.2, -0.15) is 0 Å². The molecule has 0 atom stereocenters. The third kappa shape index (κ3) is 4.55. The second-order valence-corrected chi connectivity index (χ2v) is 6.82. The highest BCUT2D eigenvalue weighted by molar-refractivity contribution is 5.87. The summed E-state index contributed by atoms with van der Waals surface area (Å²) >= 11 is 0. The quantitative estimate of drug-likeness (QED) is 0.677. The van der Waals surface area contributed by atoms with E-state index in [1.165, 1.54) is 37.7 Å². The van der Waals surface area contributed by atoms with Crippen LogP contribution in [0.5, 0.6) is 0 Å². The number of nitrogens with one attached hydrogen (secondary N) is 3. The van der Waals surface area contributed by atoms with Crippen molar-refractivity contribution in [1.29, 1.82) is 0 Å². The van der Waals surface area contributed by atoms with Gasteiger partial charge in [0.1, 0.15) is 5.82 Å². The molecule has 2 heterocycles. The summed E-state index contributed by atoms with van der Waals surface area (Å²) in [5, 5.41) is 6.29. The summed E-state index contributed by atoms with van der Waals surface area (Å²) in [6, 6.07) is 12.4. The maximum absolute atomic E-state index is 6.34. The van der Waals surface area contributed by atoms with Crippen LogP contribution in [0, 0.1) is 5.92 Å². The SMILES string of the molecule is CNCc1ccccc1.N/C(=C1\NC=Nc2[nH]ccc21)C1CCCCC1. The first-order chi connectivity index (χ1) is 12.8. The standard InChI is InChI=1S/C13H18N4.C8H11N/c14-11(9-4-2-1-3-5-9)12-10-6-7-15-13(10)17-8-16-12;1-9-7-8-5-3-2-4-6-8/h6-9,15H,1-5,14H2,(H,16,17);2-6,9H,7H2,1H3/b12-11-;. The number of benzene rings is 1. The summed E-state index contributed by atoms with van der Waals surface area (Å²) < 4.78 is 0. The number of aromatic nitrogens is 1. The molecule has 5 nitrogen and oxygen atoms in total. The number of allylic oxidation sites excluding steroid dienone is 1. The predicted molar refractivity (Wildman–Crippen MR) is 109 cm³/mol. The fourth-order valence-electron chi connectivity index (χ4n) is 3.56. The minimum absolute atomic E-state index is 0.528. The van der Waals surface area contributed by atoms with E-state index in [0.29, 0.717) is 5.92 Å². The lowest BCUT2D eigenvalue weighted by molar-refractivity contribution is 0.400. The van der Waals surface area contributed by atoms with Crippen LogP contribution in [0.25, 0.3) is 5.70 Å². The topological polar surface area (TPSA) is 78.2 Å². The number of hydrogen-bond donors (Lipinski definition) is 4. The average Bonchev–Trinajstić information content (AvgIpc) is 3.19. The van der Waals surface area contributed by atoms with Crippen LogP contribution in [0.15, 0.2) is 53.3 Å². The molecule has 5 heteroatoms. The number of H-pyrrole nitrogens is 1. The van der Waals surface area contributed by atoms with Gasteiger partial charge in [-0.25, -0.2) is 4.99 Å². The highest BCUT2D eigenvalue weighted by atomic mass is 15.0. The maximum Gasteiger partial charge on any atom is 0.141 e. The first kappa shape index (κ1) is 18.3. The number of hydrogen-bond acceptors (Lipinski definition) is 4. The molecule has 2 aromatic rings. The second-order valence-electron chi connectivity index (χ2n) is 6.82. The molecule has 0 unspecified atom stereocenters. The lowest BCUT2D eigenvalue weighted by Gasteiger charge is -2.25. The molecule has 0 saturated heterocycles. The van der Waals surface area contributed by atoms with Crippen molar-refractivity contribution in [2.24, 2.45) is 16.6 Å². The zero-order chi connectivity index (χ0) is 18.2. The van der Waals surface area contributed by atoms with E-state index in [9.17, 15) is 0 Å². The van der Waals surface area contributed by atoms with E-state index in [-0.39, 0.29) is 0 Å². The third-order valence-electron chi connectivity index (χ3n) is 4.95. The van der Waals surface area contributed by atoms with Gasteiger partial charge in [0.2, 0.25) is 0 Å². The highest BCUT2D eigenvalue weighted by Gasteiger charge is 2.22.